The maximum atomic E-state index is 2.31. The van der Waals surface area contributed by atoms with Crippen molar-refractivity contribution in [2.75, 3.05) is 18.5 Å². The van der Waals surface area contributed by atoms with E-state index in [4.69, 9.17) is 0 Å². The van der Waals surface area contributed by atoms with Gasteiger partial charge >= 0.3 is 19.5 Å². The molecular formula is C12H27Cl4PRu. The fraction of sp³-hybridized carbons (Fsp3) is 1.00. The molecule has 0 heterocycles. The standard InChI is InChI=1S/C12H27P.4ClH.Ru/c1-4-7-10-13(11-8-5-2)12-9-6-3;;;;;/h4-12H2,1-3H3;4*1H;/q;;;;;+4/p-4. The summed E-state index contributed by atoms with van der Waals surface area (Å²) in [6.07, 6.45) is 13.2. The van der Waals surface area contributed by atoms with Gasteiger partial charge in [-0.1, -0.05) is 40.0 Å². The van der Waals surface area contributed by atoms with Gasteiger partial charge in [0, 0.05) is 0 Å². The van der Waals surface area contributed by atoms with Crippen LogP contribution >= 0.6 is 7.92 Å². The average molecular weight is 445 g/mol. The Bertz CT molecular complexity index is 91.1. The van der Waals surface area contributed by atoms with Crippen LogP contribution in [0.15, 0.2) is 0 Å². The first-order valence-corrected chi connectivity index (χ1v) is 7.97. The summed E-state index contributed by atoms with van der Waals surface area (Å²) in [5.41, 5.74) is 0. The van der Waals surface area contributed by atoms with Gasteiger partial charge in [-0.15, -0.1) is 7.92 Å². The van der Waals surface area contributed by atoms with Gasteiger partial charge < -0.3 is 49.6 Å². The summed E-state index contributed by atoms with van der Waals surface area (Å²) in [4.78, 5) is 0. The molecular weight excluding hydrogens is 418 g/mol. The zero-order chi connectivity index (χ0) is 9.94. The Morgan fingerprint density at radius 1 is 0.556 bits per heavy atom. The van der Waals surface area contributed by atoms with Crippen LogP contribution in [0.25, 0.3) is 0 Å². The minimum atomic E-state index is 0. The Labute approximate surface area is 154 Å². The van der Waals surface area contributed by atoms with Gasteiger partial charge in [-0.25, -0.2) is 0 Å². The van der Waals surface area contributed by atoms with E-state index in [0.717, 1.165) is 0 Å². The molecule has 0 unspecified atom stereocenters. The molecule has 18 heavy (non-hydrogen) atoms. The quantitative estimate of drug-likeness (QED) is 0.245. The second-order valence-electron chi connectivity index (χ2n) is 3.90. The van der Waals surface area contributed by atoms with Gasteiger partial charge in [-0.3, -0.25) is 0 Å². The molecule has 0 N–H and O–H groups in total. The zero-order valence-corrected chi connectivity index (χ0v) is 17.3. The molecule has 0 aromatic heterocycles. The third-order valence-corrected chi connectivity index (χ3v) is 5.33. The topological polar surface area (TPSA) is 0 Å². The summed E-state index contributed by atoms with van der Waals surface area (Å²) in [7, 11) is 0.422. The SMILES string of the molecule is CCCCP(CCCC)CCCC.[Cl-].[Cl-].[Cl-].[Cl-].[Ru+4]. The van der Waals surface area contributed by atoms with Crippen molar-refractivity contribution in [2.24, 2.45) is 0 Å². The molecule has 0 aliphatic carbocycles. The minimum absolute atomic E-state index is 0. The van der Waals surface area contributed by atoms with E-state index in [0.29, 0.717) is 7.92 Å². The van der Waals surface area contributed by atoms with Crippen LogP contribution in [0, 0.1) is 0 Å². The van der Waals surface area contributed by atoms with Crippen LogP contribution < -0.4 is 49.6 Å². The maximum Gasteiger partial charge on any atom is 4.00 e. The fourth-order valence-electron chi connectivity index (χ4n) is 1.48. The van der Waals surface area contributed by atoms with E-state index in [2.05, 4.69) is 20.8 Å². The third kappa shape index (κ3) is 26.7. The smallest absolute Gasteiger partial charge is 1.00 e. The molecule has 0 aliphatic rings. The van der Waals surface area contributed by atoms with Crippen LogP contribution in [-0.4, -0.2) is 18.5 Å². The van der Waals surface area contributed by atoms with E-state index in [-0.39, 0.29) is 69.1 Å². The first-order valence-electron chi connectivity index (χ1n) is 6.07. The summed E-state index contributed by atoms with van der Waals surface area (Å²) >= 11 is 0. The van der Waals surface area contributed by atoms with Crippen LogP contribution in [0.5, 0.6) is 0 Å². The van der Waals surface area contributed by atoms with E-state index < -0.39 is 0 Å². The van der Waals surface area contributed by atoms with E-state index in [1.54, 1.807) is 18.5 Å². The minimum Gasteiger partial charge on any atom is -1.00 e. The van der Waals surface area contributed by atoms with Crippen molar-refractivity contribution in [1.29, 1.82) is 0 Å². The fourth-order valence-corrected chi connectivity index (χ4v) is 4.44. The normalized spacial score (nSPS) is 8.00. The van der Waals surface area contributed by atoms with Crippen molar-refractivity contribution in [3.63, 3.8) is 0 Å². The third-order valence-electron chi connectivity index (χ3n) is 2.48. The second kappa shape index (κ2) is 31.5. The Morgan fingerprint density at radius 3 is 0.944 bits per heavy atom. The monoisotopic (exact) mass is 444 g/mol. The first kappa shape index (κ1) is 36.9. The molecule has 116 valence electrons. The number of unbranched alkanes of at least 4 members (excludes halogenated alkanes) is 3. The van der Waals surface area contributed by atoms with Crippen LogP contribution in [0.3, 0.4) is 0 Å². The summed E-state index contributed by atoms with van der Waals surface area (Å²) in [6.45, 7) is 6.94. The van der Waals surface area contributed by atoms with Gasteiger partial charge in [0.2, 0.25) is 0 Å². The van der Waals surface area contributed by atoms with Gasteiger partial charge in [-0.05, 0) is 37.7 Å². The molecule has 0 saturated carbocycles. The number of hydrogen-bond donors (Lipinski definition) is 0. The van der Waals surface area contributed by atoms with Crippen molar-refractivity contribution < 1.29 is 69.1 Å². The number of halogens is 4. The molecule has 0 nitrogen and oxygen atoms in total. The summed E-state index contributed by atoms with van der Waals surface area (Å²) in [5.74, 6) is 0. The second-order valence-corrected chi connectivity index (χ2v) is 6.59. The van der Waals surface area contributed by atoms with Crippen molar-refractivity contribution in [2.45, 2.75) is 59.3 Å². The molecule has 0 rings (SSSR count). The van der Waals surface area contributed by atoms with Crippen LogP contribution in [-0.2, 0) is 19.5 Å². The first-order chi connectivity index (χ1) is 6.35. The summed E-state index contributed by atoms with van der Waals surface area (Å²) in [5, 5.41) is 0. The molecule has 0 amide bonds. The summed E-state index contributed by atoms with van der Waals surface area (Å²) in [6, 6.07) is 0. The van der Waals surface area contributed by atoms with Crippen molar-refractivity contribution in [1.82, 2.24) is 0 Å². The molecule has 0 aliphatic heterocycles. The Hall–Kier alpha value is 2.21. The zero-order valence-electron chi connectivity index (χ0n) is 11.7. The van der Waals surface area contributed by atoms with Gasteiger partial charge in [0.15, 0.2) is 0 Å². The van der Waals surface area contributed by atoms with E-state index >= 15 is 0 Å². The van der Waals surface area contributed by atoms with Crippen molar-refractivity contribution >= 4 is 7.92 Å². The Kier molecular flexibility index (Phi) is 64.7. The van der Waals surface area contributed by atoms with E-state index in [1.165, 1.54) is 38.5 Å². The maximum absolute atomic E-state index is 2.31. The Balaban J connectivity index is -0.0000000720. The van der Waals surface area contributed by atoms with Crippen LogP contribution in [0.4, 0.5) is 0 Å². The molecule has 0 aromatic rings. The van der Waals surface area contributed by atoms with Crippen LogP contribution in [0.2, 0.25) is 0 Å². The molecule has 0 saturated heterocycles. The largest absolute Gasteiger partial charge is 4.00 e. The molecule has 0 spiro atoms. The predicted octanol–water partition coefficient (Wildman–Crippen LogP) is -7.12. The van der Waals surface area contributed by atoms with Gasteiger partial charge in [0.1, 0.15) is 0 Å². The van der Waals surface area contributed by atoms with Gasteiger partial charge in [-0.2, -0.15) is 0 Å². The Morgan fingerprint density at radius 2 is 0.778 bits per heavy atom. The predicted molar refractivity (Wildman–Crippen MR) is 66.2 cm³/mol. The molecule has 0 bridgehead atoms. The summed E-state index contributed by atoms with van der Waals surface area (Å²) < 4.78 is 0. The molecule has 0 fully saturated rings. The molecule has 6 heteroatoms. The molecule has 0 aromatic carbocycles. The van der Waals surface area contributed by atoms with Crippen LogP contribution in [0.1, 0.15) is 59.3 Å². The average Bonchev–Trinajstić information content (AvgIpc) is 2.17. The van der Waals surface area contributed by atoms with Gasteiger partial charge in [0.05, 0.1) is 0 Å². The number of hydrogen-bond acceptors (Lipinski definition) is 0. The molecule has 0 atom stereocenters. The number of rotatable bonds is 9. The van der Waals surface area contributed by atoms with Gasteiger partial charge in [0.25, 0.3) is 0 Å². The molecule has 0 radical (unpaired) electrons. The van der Waals surface area contributed by atoms with E-state index in [9.17, 15) is 0 Å². The van der Waals surface area contributed by atoms with Crippen molar-refractivity contribution in [3.05, 3.63) is 0 Å². The van der Waals surface area contributed by atoms with E-state index in [1.807, 2.05) is 0 Å². The van der Waals surface area contributed by atoms with Crippen molar-refractivity contribution in [3.8, 4) is 0 Å².